The molecule has 2 unspecified atom stereocenters. The van der Waals surface area contributed by atoms with E-state index in [-0.39, 0.29) is 0 Å². The highest BCUT2D eigenvalue weighted by Gasteiger charge is 2.13. The number of nitrogens with one attached hydrogen (secondary N) is 1. The molecular weight excluding hydrogens is 234 g/mol. The summed E-state index contributed by atoms with van der Waals surface area (Å²) in [5, 5.41) is 12.9. The van der Waals surface area contributed by atoms with Gasteiger partial charge in [-0.15, -0.1) is 0 Å². The van der Waals surface area contributed by atoms with Gasteiger partial charge in [-0.3, -0.25) is 0 Å². The zero-order valence-electron chi connectivity index (χ0n) is 11.4. The maximum Gasteiger partial charge on any atom is 0.0897 e. The van der Waals surface area contributed by atoms with Crippen molar-refractivity contribution in [1.29, 1.82) is 0 Å². The van der Waals surface area contributed by atoms with Gasteiger partial charge in [0.25, 0.3) is 0 Å². The SMILES string of the molecule is CCOCCOCC(O)CNCC1CCCCO1. The van der Waals surface area contributed by atoms with E-state index >= 15 is 0 Å². The lowest BCUT2D eigenvalue weighted by Gasteiger charge is -2.23. The molecule has 1 rings (SSSR count). The highest BCUT2D eigenvalue weighted by Crippen LogP contribution is 2.11. The lowest BCUT2D eigenvalue weighted by molar-refractivity contribution is -0.000953. The van der Waals surface area contributed by atoms with Gasteiger partial charge in [0.2, 0.25) is 0 Å². The molecule has 0 saturated carbocycles. The molecule has 2 atom stereocenters. The van der Waals surface area contributed by atoms with Gasteiger partial charge in [0.1, 0.15) is 0 Å². The Morgan fingerprint density at radius 1 is 1.33 bits per heavy atom. The number of rotatable bonds is 10. The Kier molecular flexibility index (Phi) is 9.42. The van der Waals surface area contributed by atoms with Crippen LogP contribution in [0.15, 0.2) is 0 Å². The predicted molar refractivity (Wildman–Crippen MR) is 69.8 cm³/mol. The molecule has 2 N–H and O–H groups in total. The lowest BCUT2D eigenvalue weighted by atomic mass is 10.1. The number of aliphatic hydroxyl groups excluding tert-OH is 1. The van der Waals surface area contributed by atoms with Crippen molar-refractivity contribution in [2.45, 2.75) is 38.4 Å². The van der Waals surface area contributed by atoms with Crippen LogP contribution in [0.5, 0.6) is 0 Å². The van der Waals surface area contributed by atoms with Crippen molar-refractivity contribution in [3.8, 4) is 0 Å². The molecule has 0 radical (unpaired) electrons. The van der Waals surface area contributed by atoms with Crippen LogP contribution in [0.2, 0.25) is 0 Å². The fourth-order valence-electron chi connectivity index (χ4n) is 1.92. The van der Waals surface area contributed by atoms with Crippen LogP contribution in [0.3, 0.4) is 0 Å². The largest absolute Gasteiger partial charge is 0.389 e. The van der Waals surface area contributed by atoms with Gasteiger partial charge in [0, 0.05) is 26.3 Å². The van der Waals surface area contributed by atoms with Crippen LogP contribution in [0, 0.1) is 0 Å². The van der Waals surface area contributed by atoms with Gasteiger partial charge >= 0.3 is 0 Å². The maximum absolute atomic E-state index is 9.67. The van der Waals surface area contributed by atoms with Crippen LogP contribution in [0.4, 0.5) is 0 Å². The van der Waals surface area contributed by atoms with Crippen molar-refractivity contribution in [3.63, 3.8) is 0 Å². The average Bonchev–Trinajstić information content (AvgIpc) is 2.40. The maximum atomic E-state index is 9.67. The minimum absolute atomic E-state index is 0.310. The summed E-state index contributed by atoms with van der Waals surface area (Å²) in [5.74, 6) is 0. The molecule has 0 aliphatic carbocycles. The van der Waals surface area contributed by atoms with Crippen molar-refractivity contribution in [1.82, 2.24) is 5.32 Å². The van der Waals surface area contributed by atoms with Gasteiger partial charge in [0.15, 0.2) is 0 Å². The van der Waals surface area contributed by atoms with Gasteiger partial charge < -0.3 is 24.6 Å². The van der Waals surface area contributed by atoms with Crippen molar-refractivity contribution in [3.05, 3.63) is 0 Å². The summed E-state index contributed by atoms with van der Waals surface area (Å²) >= 11 is 0. The summed E-state index contributed by atoms with van der Waals surface area (Å²) in [7, 11) is 0. The van der Waals surface area contributed by atoms with Crippen molar-refractivity contribution in [2.75, 3.05) is 46.1 Å². The summed E-state index contributed by atoms with van der Waals surface area (Å²) in [6, 6.07) is 0. The molecule has 0 aromatic heterocycles. The first-order valence-corrected chi connectivity index (χ1v) is 6.98. The zero-order valence-corrected chi connectivity index (χ0v) is 11.4. The van der Waals surface area contributed by atoms with E-state index in [0.29, 0.717) is 39.1 Å². The summed E-state index contributed by atoms with van der Waals surface area (Å²) in [5.41, 5.74) is 0. The van der Waals surface area contributed by atoms with Crippen molar-refractivity contribution in [2.24, 2.45) is 0 Å². The van der Waals surface area contributed by atoms with E-state index in [0.717, 1.165) is 19.6 Å². The Bertz CT molecular complexity index is 186. The number of aliphatic hydroxyl groups is 1. The lowest BCUT2D eigenvalue weighted by Crippen LogP contribution is -2.37. The fraction of sp³-hybridized carbons (Fsp3) is 1.00. The number of hydrogen-bond donors (Lipinski definition) is 2. The van der Waals surface area contributed by atoms with Crippen LogP contribution in [-0.2, 0) is 14.2 Å². The molecule has 1 aliphatic heterocycles. The first kappa shape index (κ1) is 15.9. The van der Waals surface area contributed by atoms with Crippen LogP contribution >= 0.6 is 0 Å². The topological polar surface area (TPSA) is 60.0 Å². The van der Waals surface area contributed by atoms with Crippen molar-refractivity contribution >= 4 is 0 Å². The van der Waals surface area contributed by atoms with Crippen LogP contribution < -0.4 is 5.32 Å². The molecule has 18 heavy (non-hydrogen) atoms. The first-order chi connectivity index (χ1) is 8.83. The van der Waals surface area contributed by atoms with E-state index in [2.05, 4.69) is 5.32 Å². The molecule has 1 heterocycles. The Morgan fingerprint density at radius 3 is 2.89 bits per heavy atom. The average molecular weight is 261 g/mol. The molecule has 1 saturated heterocycles. The molecule has 0 aromatic carbocycles. The van der Waals surface area contributed by atoms with Gasteiger partial charge in [-0.2, -0.15) is 0 Å². The van der Waals surface area contributed by atoms with Crippen LogP contribution in [0.25, 0.3) is 0 Å². The van der Waals surface area contributed by atoms with E-state index in [1.807, 2.05) is 6.92 Å². The minimum Gasteiger partial charge on any atom is -0.389 e. The third-order valence-corrected chi connectivity index (χ3v) is 2.91. The monoisotopic (exact) mass is 261 g/mol. The second kappa shape index (κ2) is 10.7. The molecule has 5 heteroatoms. The molecule has 0 spiro atoms. The third kappa shape index (κ3) is 8.00. The van der Waals surface area contributed by atoms with E-state index in [9.17, 15) is 5.11 Å². The summed E-state index contributed by atoms with van der Waals surface area (Å²) in [4.78, 5) is 0. The Morgan fingerprint density at radius 2 is 2.17 bits per heavy atom. The minimum atomic E-state index is -0.463. The second-order valence-corrected chi connectivity index (χ2v) is 4.57. The standard InChI is InChI=1S/C13H27NO4/c1-2-16-7-8-17-11-12(15)9-14-10-13-5-3-4-6-18-13/h12-15H,2-11H2,1H3. The zero-order chi connectivity index (χ0) is 13.1. The number of hydrogen-bond acceptors (Lipinski definition) is 5. The molecule has 5 nitrogen and oxygen atoms in total. The van der Waals surface area contributed by atoms with Crippen molar-refractivity contribution < 1.29 is 19.3 Å². The van der Waals surface area contributed by atoms with Gasteiger partial charge in [-0.25, -0.2) is 0 Å². The normalized spacial score (nSPS) is 22.0. The summed E-state index contributed by atoms with van der Waals surface area (Å²) < 4.78 is 16.0. The highest BCUT2D eigenvalue weighted by atomic mass is 16.5. The fourth-order valence-corrected chi connectivity index (χ4v) is 1.92. The highest BCUT2D eigenvalue weighted by molar-refractivity contribution is 4.68. The summed E-state index contributed by atoms with van der Waals surface area (Å²) in [6.45, 7) is 6.37. The second-order valence-electron chi connectivity index (χ2n) is 4.57. The quantitative estimate of drug-likeness (QED) is 0.563. The van der Waals surface area contributed by atoms with E-state index < -0.39 is 6.10 Å². The third-order valence-electron chi connectivity index (χ3n) is 2.91. The molecule has 0 bridgehead atoms. The van der Waals surface area contributed by atoms with Gasteiger partial charge in [-0.05, 0) is 26.2 Å². The molecule has 1 aliphatic rings. The smallest absolute Gasteiger partial charge is 0.0897 e. The molecular formula is C13H27NO4. The molecule has 1 fully saturated rings. The molecule has 0 amide bonds. The predicted octanol–water partition coefficient (Wildman–Crippen LogP) is 0.559. The Hall–Kier alpha value is -0.200. The first-order valence-electron chi connectivity index (χ1n) is 6.98. The Balaban J connectivity index is 1.88. The van der Waals surface area contributed by atoms with E-state index in [1.54, 1.807) is 0 Å². The Labute approximate surface area is 110 Å². The molecule has 108 valence electrons. The van der Waals surface area contributed by atoms with Crippen LogP contribution in [0.1, 0.15) is 26.2 Å². The molecule has 0 aromatic rings. The van der Waals surface area contributed by atoms with E-state index in [1.165, 1.54) is 12.8 Å². The number of ether oxygens (including phenoxy) is 3. The van der Waals surface area contributed by atoms with Gasteiger partial charge in [-0.1, -0.05) is 0 Å². The van der Waals surface area contributed by atoms with Gasteiger partial charge in [0.05, 0.1) is 32.0 Å². The van der Waals surface area contributed by atoms with E-state index in [4.69, 9.17) is 14.2 Å². The van der Waals surface area contributed by atoms with Crippen LogP contribution in [-0.4, -0.2) is 63.4 Å². The summed E-state index contributed by atoms with van der Waals surface area (Å²) in [6.07, 6.45) is 3.39.